The molecule has 206 valence electrons. The van der Waals surface area contributed by atoms with Crippen molar-refractivity contribution >= 4 is 30.0 Å². The minimum Gasteiger partial charge on any atom is -0.506 e. The molecule has 4 N–H and O–H groups in total. The van der Waals surface area contributed by atoms with Crippen LogP contribution in [0.3, 0.4) is 0 Å². The van der Waals surface area contributed by atoms with Crippen molar-refractivity contribution in [1.29, 1.82) is 0 Å². The van der Waals surface area contributed by atoms with Crippen molar-refractivity contribution in [2.45, 2.75) is 77.2 Å². The number of carboxylic acid groups (broad SMARTS) is 1. The summed E-state index contributed by atoms with van der Waals surface area (Å²) >= 11 is 0. The van der Waals surface area contributed by atoms with E-state index in [2.05, 4.69) is 50.8 Å². The minimum atomic E-state index is -3.56. The number of nitrogens with one attached hydrogen (secondary N) is 2. The molecular weight excluding hydrogens is 508 g/mol. The van der Waals surface area contributed by atoms with Crippen LogP contribution in [0.2, 0.25) is 18.1 Å². The van der Waals surface area contributed by atoms with E-state index in [1.54, 1.807) is 19.1 Å². The zero-order valence-electron chi connectivity index (χ0n) is 23.1. The van der Waals surface area contributed by atoms with Crippen molar-refractivity contribution in [3.8, 4) is 5.75 Å². The van der Waals surface area contributed by atoms with Gasteiger partial charge in [-0.1, -0.05) is 51.1 Å². The van der Waals surface area contributed by atoms with E-state index in [-0.39, 0.29) is 28.6 Å². The van der Waals surface area contributed by atoms with Crippen LogP contribution in [0.4, 0.5) is 5.69 Å². The first-order valence-electron chi connectivity index (χ1n) is 12.4. The molecule has 8 nitrogen and oxygen atoms in total. The van der Waals surface area contributed by atoms with Gasteiger partial charge in [-0.25, -0.2) is 8.42 Å². The molecule has 0 aliphatic heterocycles. The van der Waals surface area contributed by atoms with Gasteiger partial charge in [-0.15, -0.1) is 0 Å². The SMILES string of the molecule is CC(C(=O)O)c1ccc(C[C@@H](C)NC[C@H](O[Si](C)(C)C(C)(C)C)c2ccc(O)c(NS(C)(=O)=O)c2)cc1. The fourth-order valence-electron chi connectivity index (χ4n) is 3.61. The number of hydrogen-bond donors (Lipinski definition) is 4. The molecule has 0 radical (unpaired) electrons. The smallest absolute Gasteiger partial charge is 0.310 e. The third-order valence-electron chi connectivity index (χ3n) is 6.97. The highest BCUT2D eigenvalue weighted by molar-refractivity contribution is 7.92. The average Bonchev–Trinajstić information content (AvgIpc) is 2.76. The molecule has 2 aromatic carbocycles. The van der Waals surface area contributed by atoms with E-state index in [0.29, 0.717) is 6.54 Å². The summed E-state index contributed by atoms with van der Waals surface area (Å²) in [5.74, 6) is -1.55. The summed E-state index contributed by atoms with van der Waals surface area (Å²) in [7, 11) is -5.75. The van der Waals surface area contributed by atoms with Crippen LogP contribution in [0.5, 0.6) is 5.75 Å². The van der Waals surface area contributed by atoms with Crippen LogP contribution in [-0.2, 0) is 25.7 Å². The molecule has 0 amide bonds. The Morgan fingerprint density at radius 3 is 2.14 bits per heavy atom. The summed E-state index contributed by atoms with van der Waals surface area (Å²) in [4.78, 5) is 11.2. The molecule has 37 heavy (non-hydrogen) atoms. The van der Waals surface area contributed by atoms with E-state index >= 15 is 0 Å². The van der Waals surface area contributed by atoms with Gasteiger partial charge in [-0.2, -0.15) is 0 Å². The summed E-state index contributed by atoms with van der Waals surface area (Å²) in [5, 5.41) is 22.9. The van der Waals surface area contributed by atoms with Crippen LogP contribution in [0.25, 0.3) is 0 Å². The summed E-state index contributed by atoms with van der Waals surface area (Å²) in [6.45, 7) is 15.1. The van der Waals surface area contributed by atoms with Gasteiger partial charge in [-0.05, 0) is 67.2 Å². The zero-order valence-corrected chi connectivity index (χ0v) is 24.9. The first kappa shape index (κ1) is 30.8. The molecule has 0 fully saturated rings. The van der Waals surface area contributed by atoms with Crippen molar-refractivity contribution < 1.29 is 27.9 Å². The van der Waals surface area contributed by atoms with Crippen LogP contribution < -0.4 is 10.0 Å². The van der Waals surface area contributed by atoms with Crippen LogP contribution in [-0.4, -0.2) is 51.8 Å². The third-order valence-corrected chi connectivity index (χ3v) is 12.1. The molecule has 2 aromatic rings. The molecule has 0 heterocycles. The van der Waals surface area contributed by atoms with Gasteiger partial charge in [0.1, 0.15) is 5.75 Å². The van der Waals surface area contributed by atoms with Gasteiger partial charge in [0.2, 0.25) is 10.0 Å². The molecule has 2 rings (SSSR count). The molecule has 1 unspecified atom stereocenters. The molecule has 0 aliphatic rings. The van der Waals surface area contributed by atoms with Gasteiger partial charge in [0.05, 0.1) is 24.0 Å². The lowest BCUT2D eigenvalue weighted by Crippen LogP contribution is -2.44. The fourth-order valence-corrected chi connectivity index (χ4v) is 5.46. The van der Waals surface area contributed by atoms with Crippen LogP contribution in [0.1, 0.15) is 63.3 Å². The maximum absolute atomic E-state index is 11.8. The number of hydrogen-bond acceptors (Lipinski definition) is 6. The number of phenolic OH excluding ortho intramolecular Hbond substituents is 1. The standard InChI is InChI=1S/C27H42N2O6SSi/c1-18(15-20-9-11-21(12-10-20)19(2)26(31)32)28-17-25(35-37(7,8)27(3,4)5)22-13-14-24(30)23(16-22)29-36(6,33)34/h9-14,16,18-19,25,28-30H,15,17H2,1-8H3,(H,31,32)/t18-,19?,25+/m1/s1. The maximum atomic E-state index is 11.8. The van der Waals surface area contributed by atoms with Crippen molar-refractivity contribution in [2.75, 3.05) is 17.5 Å². The average molecular weight is 551 g/mol. The van der Waals surface area contributed by atoms with Gasteiger partial charge >= 0.3 is 5.97 Å². The Morgan fingerprint density at radius 2 is 1.62 bits per heavy atom. The number of anilines is 1. The molecule has 0 aliphatic carbocycles. The predicted molar refractivity (Wildman–Crippen MR) is 151 cm³/mol. The van der Waals surface area contributed by atoms with Crippen molar-refractivity contribution in [2.24, 2.45) is 0 Å². The number of aliphatic carboxylic acids is 1. The molecule has 0 saturated carbocycles. The van der Waals surface area contributed by atoms with Gasteiger partial charge in [0.25, 0.3) is 0 Å². The minimum absolute atomic E-state index is 0.0313. The Hall–Kier alpha value is -2.40. The Kier molecular flexibility index (Phi) is 9.98. The van der Waals surface area contributed by atoms with Crippen molar-refractivity contribution in [1.82, 2.24) is 5.32 Å². The number of rotatable bonds is 12. The predicted octanol–water partition coefficient (Wildman–Crippen LogP) is 5.24. The molecule has 0 spiro atoms. The molecule has 3 atom stereocenters. The topological polar surface area (TPSA) is 125 Å². The van der Waals surface area contributed by atoms with Crippen LogP contribution in [0, 0.1) is 0 Å². The molecule has 0 saturated heterocycles. The first-order valence-corrected chi connectivity index (χ1v) is 17.2. The number of sulfonamides is 1. The van der Waals surface area contributed by atoms with Gasteiger partial charge < -0.3 is 20.0 Å². The maximum Gasteiger partial charge on any atom is 0.310 e. The van der Waals surface area contributed by atoms with E-state index in [0.717, 1.165) is 29.4 Å². The number of aromatic hydroxyl groups is 1. The second kappa shape index (κ2) is 12.0. The molecule has 0 bridgehead atoms. The van der Waals surface area contributed by atoms with Crippen molar-refractivity contribution in [3.05, 3.63) is 59.2 Å². The number of carbonyl (C=O) groups is 1. The Balaban J connectivity index is 2.23. The quantitative estimate of drug-likeness (QED) is 0.210. The Morgan fingerprint density at radius 1 is 1.05 bits per heavy atom. The Bertz CT molecular complexity index is 1180. The first-order chi connectivity index (χ1) is 16.9. The van der Waals surface area contributed by atoms with E-state index in [1.165, 1.54) is 6.07 Å². The number of carboxylic acids is 1. The van der Waals surface area contributed by atoms with Crippen LogP contribution in [0.15, 0.2) is 42.5 Å². The normalized spacial score (nSPS) is 15.1. The lowest BCUT2D eigenvalue weighted by Gasteiger charge is -2.40. The van der Waals surface area contributed by atoms with E-state index in [1.807, 2.05) is 24.3 Å². The second-order valence-electron chi connectivity index (χ2n) is 11.3. The summed E-state index contributed by atoms with van der Waals surface area (Å²) in [5.41, 5.74) is 2.74. The lowest BCUT2D eigenvalue weighted by molar-refractivity contribution is -0.138. The highest BCUT2D eigenvalue weighted by Crippen LogP contribution is 2.40. The van der Waals surface area contributed by atoms with E-state index in [9.17, 15) is 23.4 Å². The Labute approximate surface area is 222 Å². The second-order valence-corrected chi connectivity index (χ2v) is 17.8. The monoisotopic (exact) mass is 550 g/mol. The summed E-state index contributed by atoms with van der Waals surface area (Å²) in [6.07, 6.45) is 1.43. The summed E-state index contributed by atoms with van der Waals surface area (Å²) in [6, 6.07) is 12.6. The lowest BCUT2D eigenvalue weighted by atomic mass is 9.98. The van der Waals surface area contributed by atoms with Gasteiger partial charge in [0.15, 0.2) is 8.32 Å². The van der Waals surface area contributed by atoms with Gasteiger partial charge in [0, 0.05) is 12.6 Å². The molecule has 0 aromatic heterocycles. The largest absolute Gasteiger partial charge is 0.506 e. The zero-order chi connectivity index (χ0) is 28.2. The van der Waals surface area contributed by atoms with Crippen LogP contribution >= 0.6 is 0 Å². The summed E-state index contributed by atoms with van der Waals surface area (Å²) < 4.78 is 32.7. The number of benzene rings is 2. The van der Waals surface area contributed by atoms with Gasteiger partial charge in [-0.3, -0.25) is 9.52 Å². The third kappa shape index (κ3) is 9.13. The molecule has 10 heteroatoms. The van der Waals surface area contributed by atoms with Crippen molar-refractivity contribution in [3.63, 3.8) is 0 Å². The molecular formula is C27H42N2O6SSi. The highest BCUT2D eigenvalue weighted by Gasteiger charge is 2.39. The highest BCUT2D eigenvalue weighted by atomic mass is 32.2. The number of phenols is 1. The van der Waals surface area contributed by atoms with E-state index in [4.69, 9.17) is 4.43 Å². The van der Waals surface area contributed by atoms with E-state index < -0.39 is 30.2 Å². The fraction of sp³-hybridized carbons (Fsp3) is 0.519.